The second-order valence-corrected chi connectivity index (χ2v) is 8.67. The molecule has 0 radical (unpaired) electrons. The van der Waals surface area contributed by atoms with Crippen molar-refractivity contribution in [3.05, 3.63) is 52.3 Å². The van der Waals surface area contributed by atoms with Gasteiger partial charge in [-0.2, -0.15) is 5.10 Å². The summed E-state index contributed by atoms with van der Waals surface area (Å²) in [5.41, 5.74) is 6.23. The van der Waals surface area contributed by atoms with Gasteiger partial charge in [0.1, 0.15) is 0 Å². The normalized spacial score (nSPS) is 21.5. The van der Waals surface area contributed by atoms with Crippen LogP contribution in [0, 0.1) is 12.3 Å². The number of benzene rings is 1. The Bertz CT molecular complexity index is 823. The number of rotatable bonds is 1. The van der Waals surface area contributed by atoms with Crippen LogP contribution in [0.5, 0.6) is 0 Å². The van der Waals surface area contributed by atoms with Gasteiger partial charge in [0.05, 0.1) is 18.8 Å². The quantitative estimate of drug-likeness (QED) is 0.818. The van der Waals surface area contributed by atoms with Crippen molar-refractivity contribution in [1.82, 2.24) is 20.4 Å². The van der Waals surface area contributed by atoms with Gasteiger partial charge >= 0.3 is 6.03 Å². The van der Waals surface area contributed by atoms with Gasteiger partial charge in [-0.15, -0.1) is 0 Å². The van der Waals surface area contributed by atoms with E-state index in [0.717, 1.165) is 43.5 Å². The number of carbonyl (C=O) groups is 1. The van der Waals surface area contributed by atoms with Crippen molar-refractivity contribution in [2.45, 2.75) is 59.0 Å². The number of H-pyrrole nitrogens is 1. The summed E-state index contributed by atoms with van der Waals surface area (Å²) in [6, 6.07) is 6.77. The number of hydrogen-bond acceptors (Lipinski definition) is 2. The molecule has 2 aromatic rings. The number of aryl methyl sites for hydroxylation is 2. The summed E-state index contributed by atoms with van der Waals surface area (Å²) in [4.78, 5) is 15.1. The average Bonchev–Trinajstić information content (AvgIpc) is 2.95. The Morgan fingerprint density at radius 1 is 1.35 bits per heavy atom. The number of carbonyl (C=O) groups excluding carboxylic acids is 1. The lowest BCUT2D eigenvalue weighted by Crippen LogP contribution is -2.45. The maximum atomic E-state index is 13.1. The Hall–Kier alpha value is -2.30. The molecule has 138 valence electrons. The molecule has 0 spiro atoms. The second-order valence-electron chi connectivity index (χ2n) is 8.67. The zero-order valence-corrected chi connectivity index (χ0v) is 15.9. The molecular formula is C21H28N4O. The minimum absolute atomic E-state index is 0.0240. The fourth-order valence-corrected chi connectivity index (χ4v) is 4.39. The topological polar surface area (TPSA) is 61.0 Å². The number of hydrogen-bond donors (Lipinski definition) is 2. The molecule has 2 amide bonds. The van der Waals surface area contributed by atoms with Crippen molar-refractivity contribution in [2.24, 2.45) is 5.41 Å². The lowest BCUT2D eigenvalue weighted by Gasteiger charge is -2.33. The summed E-state index contributed by atoms with van der Waals surface area (Å²) in [5.74, 6) is 0. The van der Waals surface area contributed by atoms with Gasteiger partial charge in [-0.1, -0.05) is 37.6 Å². The van der Waals surface area contributed by atoms with E-state index in [0.29, 0.717) is 6.54 Å². The maximum absolute atomic E-state index is 13.1. The maximum Gasteiger partial charge on any atom is 0.318 e. The molecule has 0 saturated heterocycles. The number of urea groups is 1. The Labute approximate surface area is 155 Å². The van der Waals surface area contributed by atoms with Crippen LogP contribution in [0.15, 0.2) is 24.4 Å². The molecule has 4 rings (SSSR count). The minimum Gasteiger partial charge on any atom is -0.331 e. The van der Waals surface area contributed by atoms with Gasteiger partial charge in [0.2, 0.25) is 0 Å². The molecule has 0 unspecified atom stereocenters. The summed E-state index contributed by atoms with van der Waals surface area (Å²) in [7, 11) is 0. The minimum atomic E-state index is 0.0240. The van der Waals surface area contributed by atoms with E-state index in [1.54, 1.807) is 0 Å². The third-order valence-electron chi connectivity index (χ3n) is 5.64. The van der Waals surface area contributed by atoms with Crippen LogP contribution in [-0.2, 0) is 19.4 Å². The van der Waals surface area contributed by atoms with Gasteiger partial charge < -0.3 is 10.2 Å². The highest BCUT2D eigenvalue weighted by Crippen LogP contribution is 2.32. The first-order valence-corrected chi connectivity index (χ1v) is 9.57. The molecule has 0 bridgehead atoms. The predicted octanol–water partition coefficient (Wildman–Crippen LogP) is 3.89. The number of amides is 2. The number of aromatic nitrogens is 2. The molecule has 2 N–H and O–H groups in total. The predicted molar refractivity (Wildman–Crippen MR) is 102 cm³/mol. The lowest BCUT2D eigenvalue weighted by molar-refractivity contribution is 0.164. The van der Waals surface area contributed by atoms with Crippen molar-refractivity contribution in [3.8, 4) is 0 Å². The number of fused-ring (bicyclic) bond motifs is 2. The molecular weight excluding hydrogens is 324 g/mol. The van der Waals surface area contributed by atoms with Gasteiger partial charge in [0.25, 0.3) is 0 Å². The van der Waals surface area contributed by atoms with Crippen molar-refractivity contribution in [2.75, 3.05) is 6.54 Å². The Kier molecular flexibility index (Phi) is 4.25. The fourth-order valence-electron chi connectivity index (χ4n) is 4.39. The summed E-state index contributed by atoms with van der Waals surface area (Å²) >= 11 is 0. The smallest absolute Gasteiger partial charge is 0.318 e. The van der Waals surface area contributed by atoms with Crippen molar-refractivity contribution >= 4 is 6.03 Å². The third-order valence-corrected chi connectivity index (χ3v) is 5.64. The number of nitrogens with one attached hydrogen (secondary N) is 2. The first kappa shape index (κ1) is 17.1. The van der Waals surface area contributed by atoms with Gasteiger partial charge in [-0.05, 0) is 49.1 Å². The van der Waals surface area contributed by atoms with Gasteiger partial charge in [0, 0.05) is 17.8 Å². The standard InChI is InChI=1S/C21H28N4O/c1-14-7-8-15-5-4-6-18(17(15)9-14)23-20(26)25-12-16-11-22-24-19(16)10-21(2,3)13-25/h7-9,11,18H,4-6,10,12-13H2,1-3H3,(H,22,24)(H,23,26)/t18-/m0/s1. The van der Waals surface area contributed by atoms with Crippen LogP contribution >= 0.6 is 0 Å². The Balaban J connectivity index is 1.55. The number of nitrogens with zero attached hydrogens (tertiary/aromatic N) is 2. The first-order valence-electron chi connectivity index (χ1n) is 9.57. The van der Waals surface area contributed by atoms with Crippen LogP contribution in [0.3, 0.4) is 0 Å². The fraction of sp³-hybridized carbons (Fsp3) is 0.524. The van der Waals surface area contributed by atoms with Gasteiger partial charge in [0.15, 0.2) is 0 Å². The van der Waals surface area contributed by atoms with E-state index < -0.39 is 0 Å². The van der Waals surface area contributed by atoms with E-state index in [2.05, 4.69) is 54.5 Å². The van der Waals surface area contributed by atoms with E-state index in [1.165, 1.54) is 16.7 Å². The zero-order chi connectivity index (χ0) is 18.3. The monoisotopic (exact) mass is 352 g/mol. The summed E-state index contributed by atoms with van der Waals surface area (Å²) in [5, 5.41) is 10.6. The highest BCUT2D eigenvalue weighted by molar-refractivity contribution is 5.75. The van der Waals surface area contributed by atoms with Crippen LogP contribution in [0.1, 0.15) is 60.7 Å². The first-order chi connectivity index (χ1) is 12.4. The SMILES string of the molecule is Cc1ccc2c(c1)[C@@H](NC(=O)N1Cc3cn[nH]c3CC(C)(C)C1)CCC2. The molecule has 5 heteroatoms. The van der Waals surface area contributed by atoms with Crippen LogP contribution < -0.4 is 5.32 Å². The Morgan fingerprint density at radius 2 is 2.19 bits per heavy atom. The zero-order valence-electron chi connectivity index (χ0n) is 15.9. The Morgan fingerprint density at radius 3 is 3.04 bits per heavy atom. The van der Waals surface area contributed by atoms with Gasteiger partial charge in [-0.25, -0.2) is 4.79 Å². The molecule has 26 heavy (non-hydrogen) atoms. The molecule has 5 nitrogen and oxygen atoms in total. The van der Waals surface area contributed by atoms with E-state index in [9.17, 15) is 4.79 Å². The van der Waals surface area contributed by atoms with Crippen molar-refractivity contribution < 1.29 is 4.79 Å². The summed E-state index contributed by atoms with van der Waals surface area (Å²) in [6.07, 6.45) is 6.01. The largest absolute Gasteiger partial charge is 0.331 e. The molecule has 0 fully saturated rings. The second kappa shape index (κ2) is 6.45. The molecule has 2 heterocycles. The van der Waals surface area contributed by atoms with Gasteiger partial charge in [-0.3, -0.25) is 5.10 Å². The van der Waals surface area contributed by atoms with E-state index in [4.69, 9.17) is 0 Å². The highest BCUT2D eigenvalue weighted by atomic mass is 16.2. The van der Waals surface area contributed by atoms with Crippen molar-refractivity contribution in [1.29, 1.82) is 0 Å². The molecule has 0 saturated carbocycles. The van der Waals surface area contributed by atoms with Crippen molar-refractivity contribution in [3.63, 3.8) is 0 Å². The number of aromatic amines is 1. The summed E-state index contributed by atoms with van der Waals surface area (Å²) in [6.45, 7) is 7.90. The molecule has 1 atom stereocenters. The molecule has 1 aromatic carbocycles. The third kappa shape index (κ3) is 3.35. The molecule has 1 aromatic heterocycles. The van der Waals surface area contributed by atoms with Crippen LogP contribution in [0.2, 0.25) is 0 Å². The van der Waals surface area contributed by atoms with Crippen LogP contribution in [0.25, 0.3) is 0 Å². The average molecular weight is 352 g/mol. The lowest BCUT2D eigenvalue weighted by atomic mass is 9.86. The molecule has 1 aliphatic heterocycles. The van der Waals surface area contributed by atoms with Crippen LogP contribution in [-0.4, -0.2) is 27.7 Å². The van der Waals surface area contributed by atoms with E-state index in [1.807, 2.05) is 11.1 Å². The highest BCUT2D eigenvalue weighted by Gasteiger charge is 2.32. The summed E-state index contributed by atoms with van der Waals surface area (Å²) < 4.78 is 0. The van der Waals surface area contributed by atoms with E-state index in [-0.39, 0.29) is 17.5 Å². The molecule has 2 aliphatic rings. The van der Waals surface area contributed by atoms with Crippen LogP contribution in [0.4, 0.5) is 4.79 Å². The van der Waals surface area contributed by atoms with E-state index >= 15 is 0 Å². The molecule has 1 aliphatic carbocycles.